The van der Waals surface area contributed by atoms with Crippen molar-refractivity contribution in [1.29, 1.82) is 0 Å². The molecule has 90 valence electrons. The molecule has 0 aliphatic carbocycles. The summed E-state index contributed by atoms with van der Waals surface area (Å²) >= 11 is 0. The summed E-state index contributed by atoms with van der Waals surface area (Å²) < 4.78 is 10.9. The van der Waals surface area contributed by atoms with Crippen molar-refractivity contribution in [2.24, 2.45) is 0 Å². The zero-order valence-corrected chi connectivity index (χ0v) is 10.1. The minimum atomic E-state index is 0.704. The highest BCUT2D eigenvalue weighted by Crippen LogP contribution is 2.16. The van der Waals surface area contributed by atoms with Gasteiger partial charge >= 0.3 is 0 Å². The Morgan fingerprint density at radius 1 is 1.12 bits per heavy atom. The Morgan fingerprint density at radius 2 is 2.00 bits per heavy atom. The van der Waals surface area contributed by atoms with Crippen LogP contribution in [0, 0.1) is 0 Å². The van der Waals surface area contributed by atoms with E-state index in [-0.39, 0.29) is 0 Å². The lowest BCUT2D eigenvalue weighted by Crippen LogP contribution is -2.80. The second kappa shape index (κ2) is 6.11. The van der Waals surface area contributed by atoms with Crippen LogP contribution in [0.3, 0.4) is 0 Å². The van der Waals surface area contributed by atoms with Crippen LogP contribution >= 0.6 is 0 Å². The average Bonchev–Trinajstić information content (AvgIpc) is 2.85. The molecule has 2 rings (SSSR count). The van der Waals surface area contributed by atoms with Crippen molar-refractivity contribution >= 4 is 0 Å². The van der Waals surface area contributed by atoms with Gasteiger partial charge in [-0.05, 0) is 31.2 Å². The standard InChI is InChI=1S/C14H17NO2/c1-2-16-14-8-4-3-6-12(14)10-15-11-13-7-5-9-17-13/h3-9,15H,2,10-11H2,1H3/p+1. The molecule has 1 aromatic heterocycles. The fourth-order valence-corrected chi connectivity index (χ4v) is 1.77. The number of quaternary nitrogens is 1. The smallest absolute Gasteiger partial charge is 0.157 e. The van der Waals surface area contributed by atoms with E-state index in [1.54, 1.807) is 6.26 Å². The summed E-state index contributed by atoms with van der Waals surface area (Å²) in [6.07, 6.45) is 1.71. The molecule has 0 radical (unpaired) electrons. The van der Waals surface area contributed by atoms with Gasteiger partial charge in [-0.15, -0.1) is 0 Å². The van der Waals surface area contributed by atoms with Crippen molar-refractivity contribution < 1.29 is 14.5 Å². The lowest BCUT2D eigenvalue weighted by molar-refractivity contribution is -0.688. The summed E-state index contributed by atoms with van der Waals surface area (Å²) in [6, 6.07) is 12.1. The molecule has 0 amide bonds. The van der Waals surface area contributed by atoms with E-state index in [9.17, 15) is 0 Å². The summed E-state index contributed by atoms with van der Waals surface area (Å²) in [4.78, 5) is 0. The fraction of sp³-hybridized carbons (Fsp3) is 0.286. The Labute approximate surface area is 101 Å². The average molecular weight is 232 g/mol. The van der Waals surface area contributed by atoms with E-state index in [1.807, 2.05) is 37.3 Å². The van der Waals surface area contributed by atoms with Gasteiger partial charge in [0.25, 0.3) is 0 Å². The second-order valence-corrected chi connectivity index (χ2v) is 3.82. The number of para-hydroxylation sites is 1. The Hall–Kier alpha value is -1.74. The van der Waals surface area contributed by atoms with Gasteiger partial charge in [0, 0.05) is 5.56 Å². The van der Waals surface area contributed by atoms with Crippen molar-refractivity contribution in [2.75, 3.05) is 6.61 Å². The predicted octanol–water partition coefficient (Wildman–Crippen LogP) is 1.94. The number of ether oxygens (including phenoxy) is 1. The Balaban J connectivity index is 1.89. The molecule has 2 aromatic rings. The summed E-state index contributed by atoms with van der Waals surface area (Å²) in [7, 11) is 0. The van der Waals surface area contributed by atoms with Gasteiger partial charge in [-0.1, -0.05) is 12.1 Å². The first-order valence-corrected chi connectivity index (χ1v) is 5.95. The molecule has 0 saturated heterocycles. The molecular weight excluding hydrogens is 214 g/mol. The highest BCUT2D eigenvalue weighted by molar-refractivity contribution is 5.32. The van der Waals surface area contributed by atoms with Crippen molar-refractivity contribution in [2.45, 2.75) is 20.0 Å². The molecule has 0 spiro atoms. The Kier molecular flexibility index (Phi) is 4.22. The quantitative estimate of drug-likeness (QED) is 0.826. The third-order valence-electron chi connectivity index (χ3n) is 2.56. The van der Waals surface area contributed by atoms with Crippen molar-refractivity contribution in [1.82, 2.24) is 0 Å². The molecule has 0 unspecified atom stereocenters. The van der Waals surface area contributed by atoms with Gasteiger partial charge in [0.15, 0.2) is 5.76 Å². The highest BCUT2D eigenvalue weighted by Gasteiger charge is 2.04. The van der Waals surface area contributed by atoms with Crippen molar-refractivity contribution in [3.8, 4) is 5.75 Å². The summed E-state index contributed by atoms with van der Waals surface area (Å²) in [5.74, 6) is 1.98. The molecule has 3 nitrogen and oxygen atoms in total. The second-order valence-electron chi connectivity index (χ2n) is 3.82. The molecule has 0 aliphatic rings. The lowest BCUT2D eigenvalue weighted by Gasteiger charge is -2.08. The van der Waals surface area contributed by atoms with Crippen LogP contribution in [-0.4, -0.2) is 6.61 Å². The topological polar surface area (TPSA) is 39.0 Å². The predicted molar refractivity (Wildman–Crippen MR) is 65.7 cm³/mol. The maximum atomic E-state index is 5.58. The van der Waals surface area contributed by atoms with Crippen LogP contribution < -0.4 is 10.1 Å². The van der Waals surface area contributed by atoms with Crippen LogP contribution in [0.4, 0.5) is 0 Å². The number of hydrogen-bond donors (Lipinski definition) is 1. The summed E-state index contributed by atoms with van der Waals surface area (Å²) in [5, 5.41) is 2.21. The minimum Gasteiger partial charge on any atom is -0.493 e. The van der Waals surface area contributed by atoms with Crippen molar-refractivity contribution in [3.63, 3.8) is 0 Å². The van der Waals surface area contributed by atoms with Crippen LogP contribution in [0.2, 0.25) is 0 Å². The first-order valence-electron chi connectivity index (χ1n) is 5.95. The SMILES string of the molecule is CCOc1ccccc1C[NH2+]Cc1ccco1. The molecule has 0 atom stereocenters. The molecule has 0 bridgehead atoms. The molecule has 1 aromatic carbocycles. The Bertz CT molecular complexity index is 437. The van der Waals surface area contributed by atoms with Gasteiger partial charge in [0.05, 0.1) is 12.9 Å². The maximum absolute atomic E-state index is 5.58. The number of benzene rings is 1. The normalized spacial score (nSPS) is 10.4. The van der Waals surface area contributed by atoms with Gasteiger partial charge in [-0.2, -0.15) is 0 Å². The van der Waals surface area contributed by atoms with E-state index < -0.39 is 0 Å². The third kappa shape index (κ3) is 3.36. The van der Waals surface area contributed by atoms with E-state index in [1.165, 1.54) is 5.56 Å². The zero-order chi connectivity index (χ0) is 11.9. The van der Waals surface area contributed by atoms with Crippen LogP contribution in [0.25, 0.3) is 0 Å². The van der Waals surface area contributed by atoms with Crippen molar-refractivity contribution in [3.05, 3.63) is 54.0 Å². The number of hydrogen-bond acceptors (Lipinski definition) is 2. The summed E-state index contributed by atoms with van der Waals surface area (Å²) in [6.45, 7) is 4.46. The fourth-order valence-electron chi connectivity index (χ4n) is 1.77. The molecule has 1 heterocycles. The number of furan rings is 1. The van der Waals surface area contributed by atoms with Crippen LogP contribution in [-0.2, 0) is 13.1 Å². The minimum absolute atomic E-state index is 0.704. The van der Waals surface area contributed by atoms with E-state index >= 15 is 0 Å². The molecule has 3 heteroatoms. The number of nitrogens with two attached hydrogens (primary N) is 1. The molecule has 0 saturated carbocycles. The van der Waals surface area contributed by atoms with E-state index in [4.69, 9.17) is 9.15 Å². The first kappa shape index (κ1) is 11.7. The van der Waals surface area contributed by atoms with E-state index in [0.717, 1.165) is 24.6 Å². The molecule has 2 N–H and O–H groups in total. The number of rotatable bonds is 6. The lowest BCUT2D eigenvalue weighted by atomic mass is 10.2. The van der Waals surface area contributed by atoms with Gasteiger partial charge in [0.1, 0.15) is 18.8 Å². The third-order valence-corrected chi connectivity index (χ3v) is 2.56. The highest BCUT2D eigenvalue weighted by atomic mass is 16.5. The van der Waals surface area contributed by atoms with E-state index in [2.05, 4.69) is 11.4 Å². The molecular formula is C14H18NO2+. The molecule has 0 fully saturated rings. The maximum Gasteiger partial charge on any atom is 0.157 e. The van der Waals surface area contributed by atoms with Crippen LogP contribution in [0.5, 0.6) is 5.75 Å². The van der Waals surface area contributed by atoms with Crippen LogP contribution in [0.15, 0.2) is 47.1 Å². The van der Waals surface area contributed by atoms with E-state index in [0.29, 0.717) is 6.61 Å². The van der Waals surface area contributed by atoms with Gasteiger partial charge in [-0.25, -0.2) is 0 Å². The largest absolute Gasteiger partial charge is 0.493 e. The zero-order valence-electron chi connectivity index (χ0n) is 10.1. The van der Waals surface area contributed by atoms with Crippen LogP contribution in [0.1, 0.15) is 18.2 Å². The Morgan fingerprint density at radius 3 is 2.76 bits per heavy atom. The van der Waals surface area contributed by atoms with Gasteiger partial charge in [-0.3, -0.25) is 0 Å². The first-order chi connectivity index (χ1) is 8.40. The van der Waals surface area contributed by atoms with Gasteiger partial charge in [0.2, 0.25) is 0 Å². The monoisotopic (exact) mass is 232 g/mol. The molecule has 0 aliphatic heterocycles. The molecule has 17 heavy (non-hydrogen) atoms. The van der Waals surface area contributed by atoms with Gasteiger partial charge < -0.3 is 14.5 Å². The summed E-state index contributed by atoms with van der Waals surface area (Å²) in [5.41, 5.74) is 1.22.